The lowest BCUT2D eigenvalue weighted by Gasteiger charge is -2.07. The lowest BCUT2D eigenvalue weighted by molar-refractivity contribution is 0.378. The number of anilines is 1. The van der Waals surface area contributed by atoms with Gasteiger partial charge in [0.1, 0.15) is 17.7 Å². The second kappa shape index (κ2) is 5.89. The van der Waals surface area contributed by atoms with E-state index < -0.39 is 0 Å². The van der Waals surface area contributed by atoms with Crippen LogP contribution >= 0.6 is 0 Å². The van der Waals surface area contributed by atoms with Gasteiger partial charge >= 0.3 is 5.08 Å². The van der Waals surface area contributed by atoms with Crippen molar-refractivity contribution in [2.24, 2.45) is 0 Å². The molecule has 0 N–H and O–H groups in total. The van der Waals surface area contributed by atoms with E-state index in [1.165, 1.54) is 24.4 Å². The molecule has 2 rings (SSSR count). The number of diazo groups is 1. The molecule has 0 fully saturated rings. The maximum absolute atomic E-state index is 11.6. The Labute approximate surface area is 115 Å². The van der Waals surface area contributed by atoms with Gasteiger partial charge in [-0.3, -0.25) is 4.79 Å². The van der Waals surface area contributed by atoms with E-state index in [1.54, 1.807) is 0 Å². The molecule has 0 aliphatic heterocycles. The van der Waals surface area contributed by atoms with Crippen molar-refractivity contribution in [2.75, 3.05) is 12.1 Å². The van der Waals surface area contributed by atoms with Gasteiger partial charge in [-0.25, -0.2) is 0 Å². The van der Waals surface area contributed by atoms with Gasteiger partial charge in [-0.15, -0.1) is 0 Å². The molecule has 0 amide bonds. The molecule has 102 valence electrons. The van der Waals surface area contributed by atoms with E-state index in [0.29, 0.717) is 5.76 Å². The van der Waals surface area contributed by atoms with Gasteiger partial charge in [0.15, 0.2) is 6.54 Å². The largest absolute Gasteiger partial charge is 0.490 e. The standard InChI is InChI=1S/C14H14N3O3/c1-10-5-3-4-6-12(10)17(16-15)8-11-7-13(18)14(19-2)9-20-11/h3-7,9H,8H2,1-2H3/q+1. The summed E-state index contributed by atoms with van der Waals surface area (Å²) in [5.74, 6) is 0.508. The molecule has 0 unspecified atom stereocenters. The Hall–Kier alpha value is -2.81. The molecule has 0 saturated carbocycles. The molecule has 0 saturated heterocycles. The highest BCUT2D eigenvalue weighted by Crippen LogP contribution is 2.22. The second-order valence-corrected chi connectivity index (χ2v) is 4.21. The van der Waals surface area contributed by atoms with Crippen molar-refractivity contribution < 1.29 is 9.15 Å². The Morgan fingerprint density at radius 3 is 2.75 bits per heavy atom. The van der Waals surface area contributed by atoms with Gasteiger partial charge in [-0.2, -0.15) is 0 Å². The molecule has 20 heavy (non-hydrogen) atoms. The molecule has 0 aliphatic rings. The van der Waals surface area contributed by atoms with Crippen LogP contribution in [0.1, 0.15) is 11.3 Å². The Balaban J connectivity index is 2.28. The number of para-hydroxylation sites is 1. The minimum atomic E-state index is -0.281. The molecule has 1 aromatic carbocycles. The predicted molar refractivity (Wildman–Crippen MR) is 74.0 cm³/mol. The van der Waals surface area contributed by atoms with Gasteiger partial charge in [0.25, 0.3) is 5.39 Å². The number of ether oxygens (including phenoxy) is 1. The van der Waals surface area contributed by atoms with Crippen LogP contribution in [-0.2, 0) is 6.54 Å². The minimum absolute atomic E-state index is 0.136. The highest BCUT2D eigenvalue weighted by atomic mass is 16.5. The van der Waals surface area contributed by atoms with Gasteiger partial charge in [0.2, 0.25) is 11.2 Å². The summed E-state index contributed by atoms with van der Waals surface area (Å²) in [5, 5.41) is 13.7. The number of aryl methyl sites for hydroxylation is 1. The van der Waals surface area contributed by atoms with Gasteiger partial charge in [0, 0.05) is 11.1 Å². The van der Waals surface area contributed by atoms with Gasteiger partial charge < -0.3 is 9.15 Å². The summed E-state index contributed by atoms with van der Waals surface area (Å²) in [6.07, 6.45) is 1.24. The third-order valence-corrected chi connectivity index (χ3v) is 2.88. The monoisotopic (exact) mass is 272 g/mol. The Bertz CT molecular complexity index is 703. The third-order valence-electron chi connectivity index (χ3n) is 2.88. The average molecular weight is 272 g/mol. The van der Waals surface area contributed by atoms with E-state index in [0.717, 1.165) is 11.3 Å². The smallest absolute Gasteiger partial charge is 0.311 e. The van der Waals surface area contributed by atoms with Crippen LogP contribution in [0.15, 0.2) is 45.8 Å². The van der Waals surface area contributed by atoms with E-state index in [9.17, 15) is 4.79 Å². The summed E-state index contributed by atoms with van der Waals surface area (Å²) in [6, 6.07) is 8.76. The zero-order valence-corrected chi connectivity index (χ0v) is 11.2. The number of benzene rings is 1. The fraction of sp³-hybridized carbons (Fsp3) is 0.214. The van der Waals surface area contributed by atoms with Gasteiger partial charge in [-0.05, 0) is 18.6 Å². The Morgan fingerprint density at radius 2 is 2.15 bits per heavy atom. The molecule has 1 heterocycles. The first-order chi connectivity index (χ1) is 9.65. The van der Waals surface area contributed by atoms with Crippen molar-refractivity contribution in [1.82, 2.24) is 0 Å². The topological polar surface area (TPSA) is 70.8 Å². The highest BCUT2D eigenvalue weighted by Gasteiger charge is 2.21. The molecule has 0 atom stereocenters. The predicted octanol–water partition coefficient (Wildman–Crippen LogP) is 2.73. The van der Waals surface area contributed by atoms with Crippen molar-refractivity contribution in [1.29, 1.82) is 5.39 Å². The first-order valence-corrected chi connectivity index (χ1v) is 5.99. The summed E-state index contributed by atoms with van der Waals surface area (Å²) in [4.78, 5) is 11.6. The minimum Gasteiger partial charge on any atom is -0.490 e. The number of nitrogens with zero attached hydrogens (tertiary/aromatic N) is 3. The van der Waals surface area contributed by atoms with Gasteiger partial charge in [-0.1, -0.05) is 18.2 Å². The molecule has 1 aromatic heterocycles. The average Bonchev–Trinajstić information content (AvgIpc) is 2.46. The SMILES string of the molecule is COc1coc(CN([N+]#N)c2ccccc2C)cc1=O. The third kappa shape index (κ3) is 2.78. The van der Waals surface area contributed by atoms with Crippen molar-refractivity contribution in [3.63, 3.8) is 0 Å². The maximum Gasteiger partial charge on any atom is 0.311 e. The van der Waals surface area contributed by atoms with Crippen LogP contribution in [0.2, 0.25) is 0 Å². The number of methoxy groups -OCH3 is 1. The summed E-state index contributed by atoms with van der Waals surface area (Å²) in [5.41, 5.74) is 1.39. The van der Waals surface area contributed by atoms with Crippen molar-refractivity contribution in [3.8, 4) is 5.75 Å². The summed E-state index contributed by atoms with van der Waals surface area (Å²) in [7, 11) is 1.40. The molecule has 0 aliphatic carbocycles. The molecule has 2 aromatic rings. The Kier molecular flexibility index (Phi) is 4.01. The maximum atomic E-state index is 11.6. The van der Waals surface area contributed by atoms with E-state index in [2.05, 4.69) is 5.08 Å². The first kappa shape index (κ1) is 13.6. The van der Waals surface area contributed by atoms with Crippen LogP contribution in [0.3, 0.4) is 0 Å². The zero-order valence-electron chi connectivity index (χ0n) is 11.2. The van der Waals surface area contributed by atoms with E-state index in [4.69, 9.17) is 14.5 Å². The molecule has 0 bridgehead atoms. The quantitative estimate of drug-likeness (QED) is 0.632. The molecular weight excluding hydrogens is 258 g/mol. The molecule has 0 radical (unpaired) electrons. The fourth-order valence-corrected chi connectivity index (χ4v) is 1.84. The normalized spacial score (nSPS) is 9.85. The van der Waals surface area contributed by atoms with Crippen LogP contribution in [0, 0.1) is 12.3 Å². The first-order valence-electron chi connectivity index (χ1n) is 5.99. The molecule has 0 spiro atoms. The van der Waals surface area contributed by atoms with Crippen molar-refractivity contribution in [3.05, 3.63) is 63.2 Å². The van der Waals surface area contributed by atoms with Crippen LogP contribution in [0.5, 0.6) is 5.75 Å². The van der Waals surface area contributed by atoms with Crippen molar-refractivity contribution >= 4 is 5.69 Å². The van der Waals surface area contributed by atoms with E-state index in [-0.39, 0.29) is 17.7 Å². The summed E-state index contributed by atoms with van der Waals surface area (Å²) in [6.45, 7) is 2.04. The van der Waals surface area contributed by atoms with Crippen molar-refractivity contribution in [2.45, 2.75) is 13.5 Å². The number of hydrogen-bond acceptors (Lipinski definition) is 5. The fourth-order valence-electron chi connectivity index (χ4n) is 1.84. The Morgan fingerprint density at radius 1 is 1.40 bits per heavy atom. The van der Waals surface area contributed by atoms with Crippen LogP contribution in [-0.4, -0.2) is 7.11 Å². The van der Waals surface area contributed by atoms with Crippen LogP contribution in [0.25, 0.3) is 5.08 Å². The van der Waals surface area contributed by atoms with E-state index >= 15 is 0 Å². The lowest BCUT2D eigenvalue weighted by Crippen LogP contribution is -2.16. The molecule has 6 nitrogen and oxygen atoms in total. The summed E-state index contributed by atoms with van der Waals surface area (Å²) >= 11 is 0. The lowest BCUT2D eigenvalue weighted by atomic mass is 10.2. The van der Waals surface area contributed by atoms with E-state index in [1.807, 2.05) is 31.2 Å². The number of rotatable bonds is 4. The molecule has 6 heteroatoms. The van der Waals surface area contributed by atoms with Crippen LogP contribution in [0.4, 0.5) is 5.69 Å². The van der Waals surface area contributed by atoms with Gasteiger partial charge in [0.05, 0.1) is 7.11 Å². The van der Waals surface area contributed by atoms with Crippen LogP contribution < -0.4 is 15.2 Å². The summed E-state index contributed by atoms with van der Waals surface area (Å²) < 4.78 is 10.1. The zero-order chi connectivity index (χ0) is 14.5. The second-order valence-electron chi connectivity index (χ2n) is 4.21. The number of hydrogen-bond donors (Lipinski definition) is 0. The molecular formula is C14H14N3O3+. The highest BCUT2D eigenvalue weighted by molar-refractivity contribution is 5.53.